The maximum atomic E-state index is 13.1. The number of carbonyl (C=O) groups excluding carboxylic acids is 2. The number of ether oxygens (including phenoxy) is 6. The average Bonchev–Trinajstić information content (AvgIpc) is 3.11. The van der Waals surface area contributed by atoms with Crippen LogP contribution in [0.5, 0.6) is 11.5 Å². The molecule has 0 saturated carbocycles. The molecule has 272 valence electrons. The second-order valence-corrected chi connectivity index (χ2v) is 13.6. The Morgan fingerprint density at radius 2 is 1.70 bits per heavy atom. The highest BCUT2D eigenvalue weighted by atomic mass is 16.6. The van der Waals surface area contributed by atoms with Crippen molar-refractivity contribution in [1.29, 1.82) is 0 Å². The molecule has 50 heavy (non-hydrogen) atoms. The first-order chi connectivity index (χ1) is 24.0. The zero-order valence-corrected chi connectivity index (χ0v) is 30.7. The summed E-state index contributed by atoms with van der Waals surface area (Å²) in [5, 5.41) is 0. The summed E-state index contributed by atoms with van der Waals surface area (Å²) >= 11 is 0. The van der Waals surface area contributed by atoms with Gasteiger partial charge in [-0.3, -0.25) is 4.79 Å². The lowest BCUT2D eigenvalue weighted by Crippen LogP contribution is -2.48. The molecule has 10 heteroatoms. The number of rotatable bonds is 16. The van der Waals surface area contributed by atoms with Gasteiger partial charge in [-0.05, 0) is 75.1 Å². The van der Waals surface area contributed by atoms with E-state index in [1.807, 2.05) is 82.3 Å². The van der Waals surface area contributed by atoms with Crippen molar-refractivity contribution < 1.29 is 38.0 Å². The van der Waals surface area contributed by atoms with Crippen LogP contribution in [0.15, 0.2) is 66.7 Å². The summed E-state index contributed by atoms with van der Waals surface area (Å²) in [5.74, 6) is 1.66. The normalized spacial score (nSPS) is 16.2. The summed E-state index contributed by atoms with van der Waals surface area (Å²) in [5.41, 5.74) is 4.33. The number of piperidine rings is 1. The third-order valence-electron chi connectivity index (χ3n) is 8.66. The van der Waals surface area contributed by atoms with Crippen molar-refractivity contribution >= 4 is 17.7 Å². The van der Waals surface area contributed by atoms with Gasteiger partial charge in [0.05, 0.1) is 59.2 Å². The van der Waals surface area contributed by atoms with Gasteiger partial charge in [0.1, 0.15) is 17.1 Å². The summed E-state index contributed by atoms with van der Waals surface area (Å²) in [6.07, 6.45) is 1.18. The molecule has 0 aromatic heterocycles. The highest BCUT2D eigenvalue weighted by Gasteiger charge is 2.35. The Labute approximate surface area is 297 Å². The van der Waals surface area contributed by atoms with E-state index in [4.69, 9.17) is 28.4 Å². The average molecular weight is 691 g/mol. The number of anilines is 1. The van der Waals surface area contributed by atoms with Crippen LogP contribution in [-0.4, -0.2) is 82.8 Å². The van der Waals surface area contributed by atoms with Gasteiger partial charge in [-0.15, -0.1) is 0 Å². The summed E-state index contributed by atoms with van der Waals surface area (Å²) < 4.78 is 34.6. The Morgan fingerprint density at radius 1 is 0.940 bits per heavy atom. The molecule has 10 nitrogen and oxygen atoms in total. The summed E-state index contributed by atoms with van der Waals surface area (Å²) in [6.45, 7) is 10.9. The minimum absolute atomic E-state index is 0.0155. The molecule has 1 fully saturated rings. The van der Waals surface area contributed by atoms with Crippen molar-refractivity contribution in [1.82, 2.24) is 4.90 Å². The van der Waals surface area contributed by atoms with E-state index in [0.29, 0.717) is 52.5 Å². The lowest BCUT2D eigenvalue weighted by Gasteiger charge is -2.39. The van der Waals surface area contributed by atoms with Gasteiger partial charge in [0, 0.05) is 44.3 Å². The smallest absolute Gasteiger partial charge is 0.410 e. The summed E-state index contributed by atoms with van der Waals surface area (Å²) in [4.78, 5) is 29.2. The Hall–Kier alpha value is -4.12. The van der Waals surface area contributed by atoms with Gasteiger partial charge in [0.15, 0.2) is 0 Å². The van der Waals surface area contributed by atoms with Crippen LogP contribution < -0.4 is 14.4 Å². The molecule has 3 aromatic carbocycles. The van der Waals surface area contributed by atoms with E-state index in [0.717, 1.165) is 52.3 Å². The predicted molar refractivity (Wildman–Crippen MR) is 194 cm³/mol. The van der Waals surface area contributed by atoms with Gasteiger partial charge >= 0.3 is 6.09 Å². The number of likely N-dealkylation sites (tertiary alicyclic amines) is 1. The second-order valence-electron chi connectivity index (χ2n) is 13.6. The fourth-order valence-electron chi connectivity index (χ4n) is 5.93. The molecule has 0 radical (unpaired) electrons. The number of carbonyl (C=O) groups is 2. The van der Waals surface area contributed by atoms with Crippen LogP contribution in [-0.2, 0) is 37.0 Å². The third-order valence-corrected chi connectivity index (χ3v) is 8.66. The zero-order chi connectivity index (χ0) is 36.1. The number of para-hydroxylation sites is 1. The molecule has 0 aliphatic carbocycles. The van der Waals surface area contributed by atoms with Crippen molar-refractivity contribution in [2.75, 3.05) is 59.1 Å². The molecule has 4 rings (SSSR count). The fourth-order valence-corrected chi connectivity index (χ4v) is 5.93. The van der Waals surface area contributed by atoms with Gasteiger partial charge in [-0.25, -0.2) is 4.79 Å². The van der Waals surface area contributed by atoms with E-state index >= 15 is 0 Å². The molecular weight excluding hydrogens is 636 g/mol. The van der Waals surface area contributed by atoms with Gasteiger partial charge < -0.3 is 38.2 Å². The van der Waals surface area contributed by atoms with Crippen molar-refractivity contribution in [3.63, 3.8) is 0 Å². The molecule has 1 heterocycles. The Kier molecular flexibility index (Phi) is 14.5. The van der Waals surface area contributed by atoms with Crippen LogP contribution in [0.2, 0.25) is 0 Å². The molecule has 3 aromatic rings. The monoisotopic (exact) mass is 690 g/mol. The van der Waals surface area contributed by atoms with Crippen molar-refractivity contribution in [2.24, 2.45) is 0 Å². The number of hydrogen-bond donors (Lipinski definition) is 0. The lowest BCUT2D eigenvalue weighted by molar-refractivity contribution is -0.119. The number of hydrogen-bond acceptors (Lipinski definition) is 8. The van der Waals surface area contributed by atoms with Gasteiger partial charge in [0.2, 0.25) is 5.91 Å². The Morgan fingerprint density at radius 3 is 2.42 bits per heavy atom. The Balaban J connectivity index is 1.37. The summed E-state index contributed by atoms with van der Waals surface area (Å²) in [7, 11) is 5.03. The largest absolute Gasteiger partial charge is 0.496 e. The standard InChI is InChI=1S/C40H54N2O8/c1-29-13-14-30(25-35(29)41(5)38(43)20-24-45-6)27-49-37-26-42(39(44)50-40(2,3)4)21-19-34(37)31-15-17-33(18-16-31)48-23-10-22-47-28-32-11-8-9-12-36(32)46-7/h8-9,11-18,25,34,37H,10,19-24,26-28H2,1-7H3. The number of aryl methyl sites for hydroxylation is 1. The molecule has 0 bridgehead atoms. The van der Waals surface area contributed by atoms with Crippen molar-refractivity contribution in [2.45, 2.75) is 77.8 Å². The minimum atomic E-state index is -0.591. The minimum Gasteiger partial charge on any atom is -0.496 e. The molecule has 1 aliphatic rings. The molecule has 0 spiro atoms. The molecule has 2 atom stereocenters. The molecular formula is C40H54N2O8. The molecule has 1 saturated heterocycles. The number of amides is 2. The SMILES string of the molecule is COCCC(=O)N(C)c1cc(COC2CN(C(=O)OC(C)(C)C)CCC2c2ccc(OCCCOCc3ccccc3OC)cc2)ccc1C. The van der Waals surface area contributed by atoms with E-state index in [2.05, 4.69) is 12.1 Å². The molecule has 1 aliphatic heterocycles. The fraction of sp³-hybridized carbons (Fsp3) is 0.500. The van der Waals surface area contributed by atoms with Crippen LogP contribution in [0.1, 0.15) is 68.2 Å². The second kappa shape index (κ2) is 18.8. The van der Waals surface area contributed by atoms with E-state index in [9.17, 15) is 9.59 Å². The van der Waals surface area contributed by atoms with Gasteiger partial charge in [-0.2, -0.15) is 0 Å². The van der Waals surface area contributed by atoms with Crippen molar-refractivity contribution in [3.8, 4) is 11.5 Å². The molecule has 2 amide bonds. The number of benzene rings is 3. The topological polar surface area (TPSA) is 96.0 Å². The van der Waals surface area contributed by atoms with E-state index < -0.39 is 5.60 Å². The maximum absolute atomic E-state index is 13.1. The van der Waals surface area contributed by atoms with E-state index in [1.165, 1.54) is 0 Å². The van der Waals surface area contributed by atoms with Crippen LogP contribution in [0.3, 0.4) is 0 Å². The molecule has 0 N–H and O–H groups in total. The van der Waals surface area contributed by atoms with E-state index in [1.54, 1.807) is 31.1 Å². The van der Waals surface area contributed by atoms with Crippen molar-refractivity contribution in [3.05, 3.63) is 89.0 Å². The predicted octanol–water partition coefficient (Wildman–Crippen LogP) is 7.30. The lowest BCUT2D eigenvalue weighted by atomic mass is 9.87. The Bertz CT molecular complexity index is 1520. The number of nitrogens with zero attached hydrogens (tertiary/aromatic N) is 2. The zero-order valence-electron chi connectivity index (χ0n) is 30.7. The van der Waals surface area contributed by atoms with E-state index in [-0.39, 0.29) is 24.0 Å². The first-order valence-corrected chi connectivity index (χ1v) is 17.4. The third kappa shape index (κ3) is 11.5. The van der Waals surface area contributed by atoms with Gasteiger partial charge in [0.25, 0.3) is 0 Å². The first kappa shape index (κ1) is 38.7. The van der Waals surface area contributed by atoms with Crippen LogP contribution in [0.4, 0.5) is 10.5 Å². The maximum Gasteiger partial charge on any atom is 0.410 e. The highest BCUT2D eigenvalue weighted by Crippen LogP contribution is 2.33. The molecule has 2 unspecified atom stereocenters. The summed E-state index contributed by atoms with van der Waals surface area (Å²) in [6, 6.07) is 22.0. The first-order valence-electron chi connectivity index (χ1n) is 17.4. The van der Waals surface area contributed by atoms with Crippen LogP contribution >= 0.6 is 0 Å². The van der Waals surface area contributed by atoms with Crippen LogP contribution in [0, 0.1) is 6.92 Å². The number of methoxy groups -OCH3 is 2. The van der Waals surface area contributed by atoms with Gasteiger partial charge in [-0.1, -0.05) is 42.5 Å². The quantitative estimate of drug-likeness (QED) is 0.145. The van der Waals surface area contributed by atoms with Crippen LogP contribution in [0.25, 0.3) is 0 Å². The highest BCUT2D eigenvalue weighted by molar-refractivity contribution is 5.93.